The molecule has 0 saturated heterocycles. The molecule has 0 rings (SSSR count). The van der Waals surface area contributed by atoms with Crippen LogP contribution in [0.5, 0.6) is 0 Å². The summed E-state index contributed by atoms with van der Waals surface area (Å²) >= 11 is 0. The minimum absolute atomic E-state index is 0.0231. The molecule has 0 aliphatic carbocycles. The topological polar surface area (TPSA) is 693 Å². The average molecular weight is 1100 g/mol. The Kier molecular flexibility index (Phi) is 59.1. The average Bonchev–Trinajstić information content (AvgIpc) is 3.29. The third kappa shape index (κ3) is 69.4. The van der Waals surface area contributed by atoms with Gasteiger partial charge in [-0.1, -0.05) is 60.8 Å². The lowest BCUT2D eigenvalue weighted by atomic mass is 10.0. The van der Waals surface area contributed by atoms with E-state index in [0.29, 0.717) is 25.3 Å². The van der Waals surface area contributed by atoms with Crippen LogP contribution in [0, 0.1) is 17.8 Å². The molecule has 0 heterocycles. The SMILES string of the molecule is CC(C)C[C@H](N)C(=O)O.CC[C@H](C)[C@H](N)C(=O)O.CC[C@H](C)[C@H](N)C(=O)O.NC(=O)C[C@H](N)C(=O)O.NC(=O)C[C@H](N)C(=O)O.NCCCC[C@H](N)C(=O)O.N[C@@H](CCC(=O)O)C(=O)O.N[C@@H](CCC(=O)O)C(=O)O. The van der Waals surface area contributed by atoms with Crippen molar-refractivity contribution in [3.05, 3.63) is 0 Å². The quantitative estimate of drug-likeness (QED) is 0.0331. The van der Waals surface area contributed by atoms with Crippen LogP contribution in [0.25, 0.3) is 0 Å². The van der Waals surface area contributed by atoms with Crippen LogP contribution >= 0.6 is 0 Å². The molecular formula is C42H87N11O22. The fourth-order valence-electron chi connectivity index (χ4n) is 3.65. The number of nitrogens with two attached hydrogens (primary N) is 11. The number of carbonyl (C=O) groups excluding carboxylic acids is 2. The summed E-state index contributed by atoms with van der Waals surface area (Å²) in [7, 11) is 0. The number of unbranched alkanes of at least 4 members (excludes halogenated alkanes) is 1. The van der Waals surface area contributed by atoms with Gasteiger partial charge >= 0.3 is 59.7 Å². The summed E-state index contributed by atoms with van der Waals surface area (Å²) in [5.41, 5.74) is 55.3. The molecule has 0 aromatic heterocycles. The maximum Gasteiger partial charge on any atom is 0.321 e. The smallest absolute Gasteiger partial charge is 0.321 e. The summed E-state index contributed by atoms with van der Waals surface area (Å²) in [6, 6.07) is -7.25. The normalized spacial score (nSPS) is 13.8. The van der Waals surface area contributed by atoms with Crippen LogP contribution in [-0.2, 0) is 57.5 Å². The van der Waals surface area contributed by atoms with Crippen molar-refractivity contribution < 1.29 is 109 Å². The van der Waals surface area contributed by atoms with E-state index in [4.69, 9.17) is 103 Å². The van der Waals surface area contributed by atoms with Gasteiger partial charge in [0.2, 0.25) is 11.8 Å². The highest BCUT2D eigenvalue weighted by molar-refractivity contribution is 5.83. The standard InChI is InChI=1S/C6H14N2O2.3C6H13NO2.2C5H9NO4.2C4H8N2O3/c7-4-2-1-3-5(8)6(9)10;1-4(2)3-5(7)6(8)9;2*1-3-4(2)5(7)6(8)9;2*6-3(5(9)10)1-2-4(7)8;2*5-2(4(8)9)1-3(6)7/h5H,1-4,7-8H2,(H,9,10);3*4-5H,3,7H2,1-2H3,(H,8,9);2*3H,1-2,6H2,(H,7,8)(H,9,10);2*2H,1,5H2,(H2,6,7)(H,8,9)/t2*5-;2*4-,5-;2*3-;2*2-/m00000000/s1. The van der Waals surface area contributed by atoms with Gasteiger partial charge in [0.05, 0.1) is 12.8 Å². The van der Waals surface area contributed by atoms with Gasteiger partial charge in [0.1, 0.15) is 48.3 Å². The summed E-state index contributed by atoms with van der Waals surface area (Å²) in [5.74, 6) is -11.4. The Bertz CT molecular complexity index is 1590. The number of hydrogen-bond acceptors (Lipinski definition) is 21. The number of carbonyl (C=O) groups is 12. The first kappa shape index (κ1) is 85.1. The zero-order chi connectivity index (χ0) is 61.5. The minimum atomic E-state index is -1.21. The lowest BCUT2D eigenvalue weighted by molar-refractivity contribution is -0.141. The lowest BCUT2D eigenvalue weighted by Crippen LogP contribution is -2.36. The first-order valence-electron chi connectivity index (χ1n) is 22.6. The van der Waals surface area contributed by atoms with Gasteiger partial charge in [-0.05, 0) is 56.4 Å². The molecule has 0 aromatic carbocycles. The lowest BCUT2D eigenvalue weighted by Gasteiger charge is -2.11. The second-order valence-corrected chi connectivity index (χ2v) is 16.3. The number of hydrogen-bond donors (Lipinski definition) is 21. The number of primary amides is 2. The van der Waals surface area contributed by atoms with Crippen molar-refractivity contribution in [3.63, 3.8) is 0 Å². The highest BCUT2D eigenvalue weighted by atomic mass is 16.4. The molecule has 32 N–H and O–H groups in total. The molecule has 2 amide bonds. The van der Waals surface area contributed by atoms with E-state index in [2.05, 4.69) is 11.5 Å². The summed E-state index contributed by atoms with van der Waals surface area (Å²) < 4.78 is 0. The molecule has 10 atom stereocenters. The molecule has 0 bridgehead atoms. The van der Waals surface area contributed by atoms with Crippen molar-refractivity contribution in [2.45, 2.75) is 167 Å². The summed E-state index contributed by atoms with van der Waals surface area (Å²) in [5, 5.41) is 82.1. The van der Waals surface area contributed by atoms with Crippen molar-refractivity contribution in [2.75, 3.05) is 6.54 Å². The first-order valence-corrected chi connectivity index (χ1v) is 22.6. The molecule has 0 aromatic rings. The Morgan fingerprint density at radius 3 is 0.760 bits per heavy atom. The molecule has 33 nitrogen and oxygen atoms in total. The third-order valence-electron chi connectivity index (χ3n) is 8.86. The first-order chi connectivity index (χ1) is 34.0. The molecule has 0 spiro atoms. The highest BCUT2D eigenvalue weighted by Gasteiger charge is 2.19. The van der Waals surface area contributed by atoms with Crippen LogP contribution in [0.2, 0.25) is 0 Å². The van der Waals surface area contributed by atoms with Crippen LogP contribution in [0.4, 0.5) is 0 Å². The zero-order valence-electron chi connectivity index (χ0n) is 43.3. The van der Waals surface area contributed by atoms with Crippen molar-refractivity contribution in [2.24, 2.45) is 80.8 Å². The van der Waals surface area contributed by atoms with Gasteiger partial charge in [0, 0.05) is 12.8 Å². The Morgan fingerprint density at radius 1 is 0.373 bits per heavy atom. The Labute approximate surface area is 433 Å². The summed E-state index contributed by atoms with van der Waals surface area (Å²) in [4.78, 5) is 120. The number of aliphatic carboxylic acids is 10. The van der Waals surface area contributed by atoms with E-state index in [1.807, 2.05) is 41.5 Å². The van der Waals surface area contributed by atoms with Crippen LogP contribution < -0.4 is 63.1 Å². The molecule has 0 saturated carbocycles. The molecule has 0 aliphatic rings. The molecule has 75 heavy (non-hydrogen) atoms. The van der Waals surface area contributed by atoms with Gasteiger partial charge in [-0.25, -0.2) is 0 Å². The second-order valence-electron chi connectivity index (χ2n) is 16.3. The number of amides is 2. The van der Waals surface area contributed by atoms with Crippen molar-refractivity contribution in [3.8, 4) is 0 Å². The number of carboxylic acid groups (broad SMARTS) is 10. The van der Waals surface area contributed by atoms with E-state index in [-0.39, 0.29) is 50.4 Å². The number of carboxylic acids is 10. The predicted octanol–water partition coefficient (Wildman–Crippen LogP) is -4.07. The maximum absolute atomic E-state index is 10.2. The molecule has 442 valence electrons. The Hall–Kier alpha value is -6.72. The number of rotatable bonds is 28. The minimum Gasteiger partial charge on any atom is -0.481 e. The van der Waals surface area contributed by atoms with Crippen molar-refractivity contribution >= 4 is 71.5 Å². The van der Waals surface area contributed by atoms with Crippen LogP contribution in [-0.4, -0.2) is 177 Å². The Balaban J connectivity index is -0.000000114. The summed E-state index contributed by atoms with van der Waals surface area (Å²) in [6.07, 6.45) is 3.27. The van der Waals surface area contributed by atoms with Crippen LogP contribution in [0.15, 0.2) is 0 Å². The predicted molar refractivity (Wildman–Crippen MR) is 268 cm³/mol. The third-order valence-corrected chi connectivity index (χ3v) is 8.86. The van der Waals surface area contributed by atoms with Gasteiger partial charge in [-0.15, -0.1) is 0 Å². The van der Waals surface area contributed by atoms with Gasteiger partial charge in [0.15, 0.2) is 0 Å². The van der Waals surface area contributed by atoms with Gasteiger partial charge in [-0.2, -0.15) is 0 Å². The van der Waals surface area contributed by atoms with Crippen molar-refractivity contribution in [1.82, 2.24) is 0 Å². The second kappa shape index (κ2) is 52.2. The largest absolute Gasteiger partial charge is 0.481 e. The van der Waals surface area contributed by atoms with Crippen molar-refractivity contribution in [1.29, 1.82) is 0 Å². The van der Waals surface area contributed by atoms with E-state index in [1.165, 1.54) is 0 Å². The molecule has 0 unspecified atom stereocenters. The molecule has 0 aliphatic heterocycles. The molecule has 33 heteroatoms. The zero-order valence-corrected chi connectivity index (χ0v) is 43.3. The van der Waals surface area contributed by atoms with E-state index >= 15 is 0 Å². The van der Waals surface area contributed by atoms with E-state index in [0.717, 1.165) is 25.7 Å². The van der Waals surface area contributed by atoms with Crippen LogP contribution in [0.3, 0.4) is 0 Å². The van der Waals surface area contributed by atoms with Crippen LogP contribution in [0.1, 0.15) is 119 Å². The summed E-state index contributed by atoms with van der Waals surface area (Å²) in [6.45, 7) is 12.0. The van der Waals surface area contributed by atoms with Gasteiger partial charge < -0.3 is 114 Å². The fraction of sp³-hybridized carbons (Fsp3) is 0.714. The van der Waals surface area contributed by atoms with E-state index < -0.39 is 120 Å². The van der Waals surface area contributed by atoms with Gasteiger partial charge in [-0.3, -0.25) is 57.5 Å². The van der Waals surface area contributed by atoms with E-state index in [9.17, 15) is 57.5 Å². The van der Waals surface area contributed by atoms with Gasteiger partial charge in [0.25, 0.3) is 0 Å². The Morgan fingerprint density at radius 2 is 0.627 bits per heavy atom. The maximum atomic E-state index is 10.2. The fourth-order valence-corrected chi connectivity index (χ4v) is 3.65. The molecule has 0 radical (unpaired) electrons. The van der Waals surface area contributed by atoms with E-state index in [1.54, 1.807) is 0 Å². The highest BCUT2D eigenvalue weighted by Crippen LogP contribution is 2.05. The molecule has 0 fully saturated rings. The monoisotopic (exact) mass is 1100 g/mol. The molecular weight excluding hydrogens is 1010 g/mol.